The zero-order valence-corrected chi connectivity index (χ0v) is 9.88. The molecule has 7 heteroatoms. The van der Waals surface area contributed by atoms with Crippen LogP contribution < -0.4 is 5.32 Å². The Kier molecular flexibility index (Phi) is 4.76. The van der Waals surface area contributed by atoms with Gasteiger partial charge in [-0.2, -0.15) is 13.2 Å². The molecule has 0 spiro atoms. The van der Waals surface area contributed by atoms with Crippen molar-refractivity contribution in [1.29, 1.82) is 0 Å². The molecule has 17 heavy (non-hydrogen) atoms. The number of carbonyl (C=O) groups excluding carboxylic acids is 1. The van der Waals surface area contributed by atoms with Crippen LogP contribution in [0.3, 0.4) is 0 Å². The maximum absolute atomic E-state index is 12.3. The van der Waals surface area contributed by atoms with E-state index in [9.17, 15) is 18.0 Å². The van der Waals surface area contributed by atoms with Gasteiger partial charge in [-0.1, -0.05) is 0 Å². The number of rotatable bonds is 3. The minimum atomic E-state index is -4.43. The number of piperazine rings is 1. The summed E-state index contributed by atoms with van der Waals surface area (Å²) in [5.74, 6) is -0.386. The summed E-state index contributed by atoms with van der Waals surface area (Å²) < 4.78 is 41.5. The van der Waals surface area contributed by atoms with Crippen LogP contribution in [0.2, 0.25) is 0 Å². The summed E-state index contributed by atoms with van der Waals surface area (Å²) in [7, 11) is 0. The van der Waals surface area contributed by atoms with E-state index in [4.69, 9.17) is 4.74 Å². The van der Waals surface area contributed by atoms with E-state index in [-0.39, 0.29) is 5.91 Å². The molecule has 0 aromatic rings. The molecule has 0 aliphatic carbocycles. The lowest BCUT2D eigenvalue weighted by molar-refractivity contribution is -0.225. The topological polar surface area (TPSA) is 41.6 Å². The van der Waals surface area contributed by atoms with Crippen molar-refractivity contribution in [3.8, 4) is 0 Å². The van der Waals surface area contributed by atoms with Crippen molar-refractivity contribution < 1.29 is 22.7 Å². The predicted octanol–water partition coefficient (Wildman–Crippen LogP) is 0.774. The first-order chi connectivity index (χ1) is 7.82. The molecule has 2 unspecified atom stereocenters. The molecule has 1 saturated heterocycles. The number of amides is 1. The summed E-state index contributed by atoms with van der Waals surface area (Å²) in [5.41, 5.74) is 0. The summed E-state index contributed by atoms with van der Waals surface area (Å²) in [6, 6.07) is 0. The molecular formula is C10H17F3N2O2. The van der Waals surface area contributed by atoms with Crippen molar-refractivity contribution in [2.45, 2.75) is 32.2 Å². The molecule has 0 aromatic carbocycles. The van der Waals surface area contributed by atoms with Gasteiger partial charge < -0.3 is 15.0 Å². The Balaban J connectivity index is 2.46. The van der Waals surface area contributed by atoms with E-state index < -0.39 is 18.4 Å². The molecule has 1 rings (SSSR count). The van der Waals surface area contributed by atoms with Crippen LogP contribution in [0.4, 0.5) is 13.2 Å². The first-order valence-corrected chi connectivity index (χ1v) is 5.54. The highest BCUT2D eigenvalue weighted by molar-refractivity contribution is 5.80. The molecular weight excluding hydrogens is 237 g/mol. The van der Waals surface area contributed by atoms with E-state index in [0.29, 0.717) is 26.2 Å². The first-order valence-electron chi connectivity index (χ1n) is 5.54. The van der Waals surface area contributed by atoms with Crippen LogP contribution >= 0.6 is 0 Å². The molecule has 0 aromatic heterocycles. The fourth-order valence-corrected chi connectivity index (χ4v) is 1.58. The molecule has 4 nitrogen and oxygen atoms in total. The Morgan fingerprint density at radius 3 is 2.29 bits per heavy atom. The quantitative estimate of drug-likeness (QED) is 0.809. The van der Waals surface area contributed by atoms with Crippen molar-refractivity contribution in [2.75, 3.05) is 26.2 Å². The number of ether oxygens (including phenoxy) is 1. The Morgan fingerprint density at radius 2 is 1.82 bits per heavy atom. The lowest BCUT2D eigenvalue weighted by atomic mass is 10.2. The SMILES string of the molecule is CC(OC(C)C(F)(F)F)C(=O)N1CCNCC1. The monoisotopic (exact) mass is 254 g/mol. The van der Waals surface area contributed by atoms with Gasteiger partial charge in [0, 0.05) is 26.2 Å². The highest BCUT2D eigenvalue weighted by Crippen LogP contribution is 2.23. The first kappa shape index (κ1) is 14.2. The lowest BCUT2D eigenvalue weighted by Crippen LogP contribution is -2.50. The largest absolute Gasteiger partial charge is 0.414 e. The van der Waals surface area contributed by atoms with Gasteiger partial charge in [0.1, 0.15) is 6.10 Å². The molecule has 1 heterocycles. The number of hydrogen-bond donors (Lipinski definition) is 1. The molecule has 0 radical (unpaired) electrons. The smallest absolute Gasteiger partial charge is 0.356 e. The van der Waals surface area contributed by atoms with Gasteiger partial charge >= 0.3 is 6.18 Å². The lowest BCUT2D eigenvalue weighted by Gasteiger charge is -2.30. The Labute approximate surface area is 98.1 Å². The zero-order chi connectivity index (χ0) is 13.1. The zero-order valence-electron chi connectivity index (χ0n) is 9.88. The van der Waals surface area contributed by atoms with E-state index in [1.54, 1.807) is 0 Å². The van der Waals surface area contributed by atoms with Crippen LogP contribution in [0.1, 0.15) is 13.8 Å². The van der Waals surface area contributed by atoms with Gasteiger partial charge in [-0.15, -0.1) is 0 Å². The van der Waals surface area contributed by atoms with Crippen molar-refractivity contribution in [1.82, 2.24) is 10.2 Å². The highest BCUT2D eigenvalue weighted by Gasteiger charge is 2.39. The van der Waals surface area contributed by atoms with Crippen LogP contribution in [0.25, 0.3) is 0 Å². The standard InChI is InChI=1S/C10H17F3N2O2/c1-7(17-8(2)10(11,12)13)9(16)15-5-3-14-4-6-15/h7-8,14H,3-6H2,1-2H3. The predicted molar refractivity (Wildman–Crippen MR) is 55.5 cm³/mol. The maximum atomic E-state index is 12.3. The van der Waals surface area contributed by atoms with Gasteiger partial charge in [-0.25, -0.2) is 0 Å². The van der Waals surface area contributed by atoms with Gasteiger partial charge in [0.15, 0.2) is 6.10 Å². The fourth-order valence-electron chi connectivity index (χ4n) is 1.58. The van der Waals surface area contributed by atoms with Crippen LogP contribution in [-0.4, -0.2) is 55.4 Å². The minimum absolute atomic E-state index is 0.386. The van der Waals surface area contributed by atoms with E-state index in [0.717, 1.165) is 6.92 Å². The molecule has 0 saturated carbocycles. The summed E-state index contributed by atoms with van der Waals surface area (Å²) in [6.45, 7) is 4.59. The number of carbonyl (C=O) groups is 1. The molecule has 1 aliphatic heterocycles. The second-order valence-electron chi connectivity index (χ2n) is 4.04. The van der Waals surface area contributed by atoms with Crippen molar-refractivity contribution >= 4 is 5.91 Å². The third-order valence-electron chi connectivity index (χ3n) is 2.65. The third kappa shape index (κ3) is 4.16. The third-order valence-corrected chi connectivity index (χ3v) is 2.65. The molecule has 1 aliphatic rings. The number of alkyl halides is 3. The fraction of sp³-hybridized carbons (Fsp3) is 0.900. The summed E-state index contributed by atoms with van der Waals surface area (Å²) in [6.07, 6.45) is -7.42. The average Bonchev–Trinajstić information content (AvgIpc) is 2.27. The van der Waals surface area contributed by atoms with E-state index >= 15 is 0 Å². The number of nitrogens with one attached hydrogen (secondary N) is 1. The maximum Gasteiger partial charge on any atom is 0.414 e. The molecule has 100 valence electrons. The Morgan fingerprint density at radius 1 is 1.29 bits per heavy atom. The van der Waals surface area contributed by atoms with Gasteiger partial charge in [-0.05, 0) is 13.8 Å². The van der Waals surface area contributed by atoms with Crippen LogP contribution in [0.15, 0.2) is 0 Å². The molecule has 2 atom stereocenters. The highest BCUT2D eigenvalue weighted by atomic mass is 19.4. The van der Waals surface area contributed by atoms with Gasteiger partial charge in [0.05, 0.1) is 0 Å². The second-order valence-corrected chi connectivity index (χ2v) is 4.04. The van der Waals surface area contributed by atoms with Gasteiger partial charge in [0.25, 0.3) is 5.91 Å². The van der Waals surface area contributed by atoms with Gasteiger partial charge in [0.2, 0.25) is 0 Å². The number of hydrogen-bond acceptors (Lipinski definition) is 3. The Hall–Kier alpha value is -0.820. The average molecular weight is 254 g/mol. The molecule has 1 amide bonds. The van der Waals surface area contributed by atoms with E-state index in [1.807, 2.05) is 0 Å². The minimum Gasteiger partial charge on any atom is -0.356 e. The van der Waals surface area contributed by atoms with E-state index in [2.05, 4.69) is 5.32 Å². The number of nitrogens with zero attached hydrogens (tertiary/aromatic N) is 1. The van der Waals surface area contributed by atoms with Crippen molar-refractivity contribution in [3.63, 3.8) is 0 Å². The molecule has 1 fully saturated rings. The van der Waals surface area contributed by atoms with E-state index in [1.165, 1.54) is 11.8 Å². The van der Waals surface area contributed by atoms with Crippen LogP contribution in [0.5, 0.6) is 0 Å². The summed E-state index contributed by atoms with van der Waals surface area (Å²) in [4.78, 5) is 13.3. The van der Waals surface area contributed by atoms with Crippen molar-refractivity contribution in [2.24, 2.45) is 0 Å². The second kappa shape index (κ2) is 5.68. The summed E-state index contributed by atoms with van der Waals surface area (Å²) >= 11 is 0. The van der Waals surface area contributed by atoms with Gasteiger partial charge in [-0.3, -0.25) is 4.79 Å². The Bertz CT molecular complexity index is 265. The molecule has 0 bridgehead atoms. The normalized spacial score (nSPS) is 21.1. The van der Waals surface area contributed by atoms with Crippen LogP contribution in [-0.2, 0) is 9.53 Å². The summed E-state index contributed by atoms with van der Waals surface area (Å²) in [5, 5.41) is 3.06. The van der Waals surface area contributed by atoms with Crippen LogP contribution in [0, 0.1) is 0 Å². The van der Waals surface area contributed by atoms with Crippen molar-refractivity contribution in [3.05, 3.63) is 0 Å². The molecule has 1 N–H and O–H groups in total. The number of halogens is 3.